The smallest absolute Gasteiger partial charge is 0.186 e. The maximum absolute atomic E-state index is 8.74. The third kappa shape index (κ3) is 8.17. The zero-order valence-corrected chi connectivity index (χ0v) is 15.7. The molecule has 0 aliphatic heterocycles. The molecule has 0 aliphatic rings. The molecule has 0 amide bonds. The summed E-state index contributed by atoms with van der Waals surface area (Å²) in [6.07, 6.45) is 0. The van der Waals surface area contributed by atoms with E-state index in [1.54, 1.807) is 0 Å². The Balaban J connectivity index is -0.000000484. The third-order valence-corrected chi connectivity index (χ3v) is 3.61. The fourth-order valence-electron chi connectivity index (χ4n) is 2.25. The molecule has 0 saturated heterocycles. The first-order valence-electron chi connectivity index (χ1n) is 6.76. The standard InChI is InChI=1S/C17H20O4.4CH4.Y/c1-17(2,13-3-7-15(8-4-13)20-11-18)14-5-9-16(10-6-14)21-12-19;;;;;/h3-10,18-19H,11-12H2,1-2H3;4*1H4;. The second-order valence-corrected chi connectivity index (χ2v) is 5.22. The minimum atomic E-state index is -0.324. The summed E-state index contributed by atoms with van der Waals surface area (Å²) in [7, 11) is 0. The average molecular weight is 441 g/mol. The Morgan fingerprint density at radius 2 is 0.923 bits per heavy atom. The number of aliphatic hydroxyl groups is 2. The fourth-order valence-corrected chi connectivity index (χ4v) is 2.25. The van der Waals surface area contributed by atoms with Crippen LogP contribution in [0.15, 0.2) is 48.5 Å². The first-order chi connectivity index (χ1) is 10.1. The topological polar surface area (TPSA) is 58.9 Å². The van der Waals surface area contributed by atoms with E-state index in [2.05, 4.69) is 13.8 Å². The molecule has 0 aliphatic carbocycles. The number of ether oxygens (including phenoxy) is 2. The summed E-state index contributed by atoms with van der Waals surface area (Å²) in [5.41, 5.74) is 2.11. The van der Waals surface area contributed by atoms with E-state index in [0.29, 0.717) is 11.5 Å². The molecule has 0 atom stereocenters. The van der Waals surface area contributed by atoms with Gasteiger partial charge in [0.1, 0.15) is 11.5 Å². The van der Waals surface area contributed by atoms with E-state index in [4.69, 9.17) is 19.7 Å². The van der Waals surface area contributed by atoms with Crippen molar-refractivity contribution in [3.8, 4) is 11.5 Å². The van der Waals surface area contributed by atoms with Crippen molar-refractivity contribution in [2.24, 2.45) is 0 Å². The number of rotatable bonds is 6. The van der Waals surface area contributed by atoms with Gasteiger partial charge in [0.2, 0.25) is 0 Å². The monoisotopic (exact) mass is 441 g/mol. The van der Waals surface area contributed by atoms with Crippen LogP contribution in [0.5, 0.6) is 11.5 Å². The van der Waals surface area contributed by atoms with E-state index in [-0.39, 0.29) is 81.4 Å². The molecular weight excluding hydrogens is 405 g/mol. The summed E-state index contributed by atoms with van der Waals surface area (Å²) < 4.78 is 10.1. The Morgan fingerprint density at radius 1 is 0.654 bits per heavy atom. The first kappa shape index (κ1) is 32.7. The van der Waals surface area contributed by atoms with Gasteiger partial charge in [0.15, 0.2) is 13.6 Å². The van der Waals surface area contributed by atoms with Crippen molar-refractivity contribution < 1.29 is 52.4 Å². The van der Waals surface area contributed by atoms with E-state index < -0.39 is 0 Å². The summed E-state index contributed by atoms with van der Waals surface area (Å²) in [5.74, 6) is 1.28. The molecule has 0 fully saturated rings. The molecular formula is C21H36O4Y. The third-order valence-electron chi connectivity index (χ3n) is 3.61. The second kappa shape index (κ2) is 15.2. The maximum atomic E-state index is 8.74. The Morgan fingerprint density at radius 3 is 1.15 bits per heavy atom. The van der Waals surface area contributed by atoms with Crippen LogP contribution >= 0.6 is 0 Å². The normalized spacial score (nSPS) is 9.08. The predicted molar refractivity (Wildman–Crippen MR) is 107 cm³/mol. The fraction of sp³-hybridized carbons (Fsp3) is 0.429. The molecule has 0 unspecified atom stereocenters. The second-order valence-electron chi connectivity index (χ2n) is 5.22. The van der Waals surface area contributed by atoms with Crippen LogP contribution in [-0.2, 0) is 38.1 Å². The minimum Gasteiger partial charge on any atom is -0.468 e. The van der Waals surface area contributed by atoms with Crippen molar-refractivity contribution in [3.63, 3.8) is 0 Å². The van der Waals surface area contributed by atoms with E-state index in [0.717, 1.165) is 11.1 Å². The molecule has 0 bridgehead atoms. The summed E-state index contributed by atoms with van der Waals surface area (Å²) in [6, 6.07) is 15.3. The van der Waals surface area contributed by atoms with Gasteiger partial charge in [-0.2, -0.15) is 0 Å². The van der Waals surface area contributed by atoms with Crippen LogP contribution in [0.25, 0.3) is 0 Å². The van der Waals surface area contributed by atoms with E-state index >= 15 is 0 Å². The van der Waals surface area contributed by atoms with Crippen LogP contribution in [0.4, 0.5) is 0 Å². The van der Waals surface area contributed by atoms with Crippen molar-refractivity contribution in [2.45, 2.75) is 49.0 Å². The molecule has 0 spiro atoms. The van der Waals surface area contributed by atoms with Crippen molar-refractivity contribution in [1.29, 1.82) is 0 Å². The van der Waals surface area contributed by atoms with Crippen LogP contribution in [0.2, 0.25) is 0 Å². The number of hydrogen-bond acceptors (Lipinski definition) is 4. The Labute approximate surface area is 185 Å². The summed E-state index contributed by atoms with van der Waals surface area (Å²) >= 11 is 0. The zero-order chi connectivity index (χ0) is 15.3. The number of benzene rings is 2. The van der Waals surface area contributed by atoms with Gasteiger partial charge >= 0.3 is 0 Å². The van der Waals surface area contributed by atoms with Gasteiger partial charge in [-0.15, -0.1) is 0 Å². The molecule has 2 aromatic carbocycles. The number of hydrogen-bond donors (Lipinski definition) is 2. The molecule has 2 N–H and O–H groups in total. The molecule has 4 nitrogen and oxygen atoms in total. The van der Waals surface area contributed by atoms with Crippen LogP contribution in [0, 0.1) is 0 Å². The van der Waals surface area contributed by atoms with Crippen LogP contribution < -0.4 is 9.47 Å². The van der Waals surface area contributed by atoms with Gasteiger partial charge in [-0.25, -0.2) is 0 Å². The van der Waals surface area contributed by atoms with Gasteiger partial charge in [0.25, 0.3) is 0 Å². The predicted octanol–water partition coefficient (Wildman–Crippen LogP) is 5.21. The van der Waals surface area contributed by atoms with Gasteiger partial charge in [-0.3, -0.25) is 0 Å². The SMILES string of the molecule is C.C.C.C.CC(C)(c1ccc(OCO)cc1)c1ccc(OCO)cc1.[Y]. The van der Waals surface area contributed by atoms with Gasteiger partial charge in [-0.05, 0) is 35.4 Å². The molecule has 147 valence electrons. The Kier molecular flexibility index (Phi) is 19.1. The maximum Gasteiger partial charge on any atom is 0.186 e. The Bertz CT molecular complexity index is 514. The largest absolute Gasteiger partial charge is 0.468 e. The van der Waals surface area contributed by atoms with Crippen molar-refractivity contribution in [1.82, 2.24) is 0 Å². The van der Waals surface area contributed by atoms with Crippen molar-refractivity contribution in [2.75, 3.05) is 13.6 Å². The van der Waals surface area contributed by atoms with Gasteiger partial charge in [0.05, 0.1) is 0 Å². The van der Waals surface area contributed by atoms with Gasteiger partial charge < -0.3 is 19.7 Å². The van der Waals surface area contributed by atoms with Crippen LogP contribution in [-0.4, -0.2) is 23.8 Å². The average Bonchev–Trinajstić information content (AvgIpc) is 2.49. The Hall–Kier alpha value is -0.936. The molecule has 5 heteroatoms. The van der Waals surface area contributed by atoms with E-state index in [1.165, 1.54) is 0 Å². The summed E-state index contributed by atoms with van der Waals surface area (Å²) in [6.45, 7) is 3.62. The summed E-state index contributed by atoms with van der Waals surface area (Å²) in [4.78, 5) is 0. The van der Waals surface area contributed by atoms with E-state index in [9.17, 15) is 0 Å². The molecule has 26 heavy (non-hydrogen) atoms. The van der Waals surface area contributed by atoms with Crippen molar-refractivity contribution in [3.05, 3.63) is 59.7 Å². The van der Waals surface area contributed by atoms with Crippen LogP contribution in [0.1, 0.15) is 54.7 Å². The summed E-state index contributed by atoms with van der Waals surface area (Å²) in [5, 5.41) is 17.5. The molecule has 0 aromatic heterocycles. The molecule has 2 rings (SSSR count). The van der Waals surface area contributed by atoms with Gasteiger partial charge in [0, 0.05) is 38.1 Å². The number of aliphatic hydroxyl groups excluding tert-OH is 2. The molecule has 0 heterocycles. The molecule has 2 aromatic rings. The molecule has 0 saturated carbocycles. The van der Waals surface area contributed by atoms with Crippen LogP contribution in [0.3, 0.4) is 0 Å². The van der Waals surface area contributed by atoms with Crippen molar-refractivity contribution >= 4 is 0 Å². The minimum absolute atomic E-state index is 0. The first-order valence-corrected chi connectivity index (χ1v) is 6.76. The zero-order valence-electron chi connectivity index (χ0n) is 12.8. The molecule has 1 radical (unpaired) electrons. The quantitative estimate of drug-likeness (QED) is 0.604. The van der Waals surface area contributed by atoms with E-state index in [1.807, 2.05) is 48.5 Å². The van der Waals surface area contributed by atoms with Gasteiger partial charge in [-0.1, -0.05) is 67.8 Å².